The van der Waals surface area contributed by atoms with Crippen LogP contribution < -0.4 is 5.73 Å². The first-order valence-electron chi connectivity index (χ1n) is 5.97. The zero-order valence-electron chi connectivity index (χ0n) is 11.3. The molecule has 0 unspecified atom stereocenters. The van der Waals surface area contributed by atoms with Crippen molar-refractivity contribution in [1.29, 1.82) is 0 Å². The first-order valence-corrected chi connectivity index (χ1v) is 5.97. The molecule has 0 aromatic heterocycles. The van der Waals surface area contributed by atoms with Crippen LogP contribution in [0.3, 0.4) is 0 Å². The fraction of sp³-hybridized carbons (Fsp3) is 0.500. The Balaban J connectivity index is 0.000000494. The number of benzene rings is 1. The third kappa shape index (κ3) is 6.37. The van der Waals surface area contributed by atoms with Crippen molar-refractivity contribution in [1.82, 2.24) is 0 Å². The summed E-state index contributed by atoms with van der Waals surface area (Å²) < 4.78 is 0. The van der Waals surface area contributed by atoms with E-state index in [4.69, 9.17) is 15.9 Å². The van der Waals surface area contributed by atoms with Crippen molar-refractivity contribution in [2.45, 2.75) is 32.6 Å². The summed E-state index contributed by atoms with van der Waals surface area (Å²) in [5, 5.41) is 16.7. The second-order valence-electron chi connectivity index (χ2n) is 5.00. The van der Waals surface area contributed by atoms with Crippen molar-refractivity contribution in [2.24, 2.45) is 5.73 Å². The number of nitrogens with two attached hydrogens (primary N) is 1. The number of carbonyl (C=O) groups is 1. The lowest BCUT2D eigenvalue weighted by atomic mass is 9.87. The van der Waals surface area contributed by atoms with Gasteiger partial charge in [0, 0.05) is 6.61 Å². The molecule has 4 N–H and O–H groups in total. The Labute approximate surface area is 108 Å². The van der Waals surface area contributed by atoms with Gasteiger partial charge in [-0.1, -0.05) is 32.9 Å². The van der Waals surface area contributed by atoms with Crippen LogP contribution in [0, 0.1) is 0 Å². The minimum absolute atomic E-state index is 0.0804. The van der Waals surface area contributed by atoms with Gasteiger partial charge in [-0.05, 0) is 36.1 Å². The average molecular weight is 253 g/mol. The van der Waals surface area contributed by atoms with Gasteiger partial charge in [0.05, 0.1) is 5.56 Å². The van der Waals surface area contributed by atoms with Crippen LogP contribution in [-0.2, 0) is 5.41 Å². The molecular weight excluding hydrogens is 230 g/mol. The molecule has 0 radical (unpaired) electrons. The Morgan fingerprint density at radius 3 is 1.94 bits per heavy atom. The Bertz CT molecular complexity index is 350. The third-order valence-corrected chi connectivity index (χ3v) is 2.36. The highest BCUT2D eigenvalue weighted by Crippen LogP contribution is 2.21. The van der Waals surface area contributed by atoms with E-state index < -0.39 is 5.97 Å². The van der Waals surface area contributed by atoms with Crippen molar-refractivity contribution >= 4 is 5.97 Å². The van der Waals surface area contributed by atoms with Crippen LogP contribution in [0.2, 0.25) is 0 Å². The molecule has 1 aromatic carbocycles. The monoisotopic (exact) mass is 253 g/mol. The Hall–Kier alpha value is -1.39. The van der Waals surface area contributed by atoms with Gasteiger partial charge in [-0.25, -0.2) is 4.79 Å². The van der Waals surface area contributed by atoms with Gasteiger partial charge in [-0.15, -0.1) is 0 Å². The van der Waals surface area contributed by atoms with Gasteiger partial charge in [0.1, 0.15) is 0 Å². The molecule has 18 heavy (non-hydrogen) atoms. The summed E-state index contributed by atoms with van der Waals surface area (Å²) in [6, 6.07) is 7.01. The van der Waals surface area contributed by atoms with Gasteiger partial charge in [0.2, 0.25) is 0 Å². The average Bonchev–Trinajstić information content (AvgIpc) is 2.30. The largest absolute Gasteiger partial charge is 0.478 e. The number of rotatable bonds is 3. The SMILES string of the molecule is CC(C)(C)c1ccc(C(=O)O)cc1.NCCCO. The first-order chi connectivity index (χ1) is 8.32. The molecule has 0 heterocycles. The topological polar surface area (TPSA) is 83.5 Å². The lowest BCUT2D eigenvalue weighted by molar-refractivity contribution is 0.0697. The highest BCUT2D eigenvalue weighted by molar-refractivity contribution is 5.87. The van der Waals surface area contributed by atoms with E-state index in [9.17, 15) is 4.79 Å². The minimum atomic E-state index is -0.875. The number of carboxylic acid groups (broad SMARTS) is 1. The van der Waals surface area contributed by atoms with Crippen molar-refractivity contribution in [3.8, 4) is 0 Å². The summed E-state index contributed by atoms with van der Waals surface area (Å²) in [7, 11) is 0. The van der Waals surface area contributed by atoms with Crippen molar-refractivity contribution < 1.29 is 15.0 Å². The standard InChI is InChI=1S/C11H14O2.C3H9NO/c1-11(2,3)9-6-4-8(5-7-9)10(12)13;4-2-1-3-5/h4-7H,1-3H3,(H,12,13);5H,1-4H2. The number of hydrogen-bond acceptors (Lipinski definition) is 3. The second kappa shape index (κ2) is 7.84. The smallest absolute Gasteiger partial charge is 0.335 e. The molecule has 0 spiro atoms. The molecule has 0 aliphatic rings. The van der Waals surface area contributed by atoms with E-state index in [1.165, 1.54) is 0 Å². The van der Waals surface area contributed by atoms with Crippen molar-refractivity contribution in [2.75, 3.05) is 13.2 Å². The fourth-order valence-electron chi connectivity index (χ4n) is 1.20. The van der Waals surface area contributed by atoms with E-state index in [1.807, 2.05) is 12.1 Å². The van der Waals surface area contributed by atoms with E-state index >= 15 is 0 Å². The molecule has 4 nitrogen and oxygen atoms in total. The quantitative estimate of drug-likeness (QED) is 0.769. The fourth-order valence-corrected chi connectivity index (χ4v) is 1.20. The van der Waals surface area contributed by atoms with Gasteiger partial charge in [-0.2, -0.15) is 0 Å². The van der Waals surface area contributed by atoms with Gasteiger partial charge in [0.15, 0.2) is 0 Å². The summed E-state index contributed by atoms with van der Waals surface area (Å²) in [6.45, 7) is 7.11. The van der Waals surface area contributed by atoms with Crippen LogP contribution in [0.4, 0.5) is 0 Å². The maximum absolute atomic E-state index is 10.6. The van der Waals surface area contributed by atoms with Crippen LogP contribution in [0.25, 0.3) is 0 Å². The number of aliphatic hydroxyl groups excluding tert-OH is 1. The normalized spacial score (nSPS) is 10.5. The first kappa shape index (κ1) is 16.6. The Morgan fingerprint density at radius 1 is 1.22 bits per heavy atom. The van der Waals surface area contributed by atoms with E-state index in [2.05, 4.69) is 20.8 Å². The van der Waals surface area contributed by atoms with Crippen LogP contribution in [-0.4, -0.2) is 29.3 Å². The van der Waals surface area contributed by atoms with Crippen LogP contribution in [0.1, 0.15) is 43.1 Å². The molecule has 0 aliphatic heterocycles. The number of carboxylic acids is 1. The molecule has 4 heteroatoms. The third-order valence-electron chi connectivity index (χ3n) is 2.36. The molecule has 0 amide bonds. The van der Waals surface area contributed by atoms with Crippen LogP contribution in [0.5, 0.6) is 0 Å². The number of aliphatic hydroxyl groups is 1. The van der Waals surface area contributed by atoms with Crippen molar-refractivity contribution in [3.63, 3.8) is 0 Å². The lowest BCUT2D eigenvalue weighted by Gasteiger charge is -2.18. The zero-order chi connectivity index (χ0) is 14.2. The molecule has 0 bridgehead atoms. The highest BCUT2D eigenvalue weighted by Gasteiger charge is 2.13. The second-order valence-corrected chi connectivity index (χ2v) is 5.00. The van der Waals surface area contributed by atoms with Crippen molar-refractivity contribution in [3.05, 3.63) is 35.4 Å². The summed E-state index contributed by atoms with van der Waals surface area (Å²) in [5.74, 6) is -0.875. The molecule has 0 saturated heterocycles. The Kier molecular flexibility index (Phi) is 7.24. The molecule has 0 aliphatic carbocycles. The maximum Gasteiger partial charge on any atom is 0.335 e. The summed E-state index contributed by atoms with van der Waals surface area (Å²) in [6.07, 6.45) is 0.722. The minimum Gasteiger partial charge on any atom is -0.478 e. The molecule has 1 aromatic rings. The summed E-state index contributed by atoms with van der Waals surface area (Å²) >= 11 is 0. The van der Waals surface area contributed by atoms with Gasteiger partial charge >= 0.3 is 5.97 Å². The van der Waals surface area contributed by atoms with E-state index in [0.717, 1.165) is 12.0 Å². The lowest BCUT2D eigenvalue weighted by Crippen LogP contribution is -2.11. The molecule has 1 rings (SSSR count). The van der Waals surface area contributed by atoms with Gasteiger partial charge in [0.25, 0.3) is 0 Å². The number of aromatic carboxylic acids is 1. The highest BCUT2D eigenvalue weighted by atomic mass is 16.4. The summed E-state index contributed by atoms with van der Waals surface area (Å²) in [4.78, 5) is 10.6. The van der Waals surface area contributed by atoms with Crippen LogP contribution >= 0.6 is 0 Å². The molecule has 0 atom stereocenters. The predicted octanol–water partition coefficient (Wildman–Crippen LogP) is 2.01. The van der Waals surface area contributed by atoms with Crippen LogP contribution in [0.15, 0.2) is 24.3 Å². The van der Waals surface area contributed by atoms with E-state index in [-0.39, 0.29) is 12.0 Å². The molecule has 0 saturated carbocycles. The van der Waals surface area contributed by atoms with E-state index in [1.54, 1.807) is 12.1 Å². The maximum atomic E-state index is 10.6. The summed E-state index contributed by atoms with van der Waals surface area (Å²) in [5.41, 5.74) is 6.55. The number of hydrogen-bond donors (Lipinski definition) is 3. The van der Waals surface area contributed by atoms with E-state index in [0.29, 0.717) is 12.1 Å². The van der Waals surface area contributed by atoms with Gasteiger partial charge < -0.3 is 15.9 Å². The van der Waals surface area contributed by atoms with Gasteiger partial charge in [-0.3, -0.25) is 0 Å². The Morgan fingerprint density at radius 2 is 1.72 bits per heavy atom. The molecule has 0 fully saturated rings. The molecule has 102 valence electrons. The zero-order valence-corrected chi connectivity index (χ0v) is 11.3. The molecular formula is C14H23NO3. The predicted molar refractivity (Wildman–Crippen MR) is 72.9 cm³/mol.